The zero-order valence-corrected chi connectivity index (χ0v) is 13.0. The van der Waals surface area contributed by atoms with Gasteiger partial charge in [0, 0.05) is 23.4 Å². The predicted molar refractivity (Wildman–Crippen MR) is 87.0 cm³/mol. The predicted octanol–water partition coefficient (Wildman–Crippen LogP) is 4.41. The van der Waals surface area contributed by atoms with Crippen LogP contribution in [0.25, 0.3) is 11.3 Å². The highest BCUT2D eigenvalue weighted by Gasteiger charge is 2.07. The van der Waals surface area contributed by atoms with Crippen molar-refractivity contribution in [2.45, 2.75) is 13.5 Å². The Morgan fingerprint density at radius 3 is 2.70 bits per heavy atom. The lowest BCUT2D eigenvalue weighted by Gasteiger charge is -2.06. The Balaban J connectivity index is 1.70. The first-order valence-corrected chi connectivity index (χ1v) is 7.24. The molecule has 0 aliphatic rings. The van der Waals surface area contributed by atoms with Crippen LogP contribution in [0.15, 0.2) is 53.1 Å². The quantitative estimate of drug-likeness (QED) is 0.758. The van der Waals surface area contributed by atoms with Crippen molar-refractivity contribution in [3.8, 4) is 17.1 Å². The van der Waals surface area contributed by atoms with E-state index in [-0.39, 0.29) is 5.82 Å². The average molecular weight is 312 g/mol. The van der Waals surface area contributed by atoms with Gasteiger partial charge in [-0.25, -0.2) is 9.37 Å². The maximum Gasteiger partial charge on any atom is 0.214 e. The Hall–Kier alpha value is -2.82. The fourth-order valence-electron chi connectivity index (χ4n) is 2.20. The minimum atomic E-state index is -0.361. The first kappa shape index (κ1) is 15.1. The molecule has 1 heterocycles. The molecule has 23 heavy (non-hydrogen) atoms. The smallest absolute Gasteiger partial charge is 0.214 e. The molecule has 0 aliphatic carbocycles. The molecule has 0 saturated carbocycles. The summed E-state index contributed by atoms with van der Waals surface area (Å²) < 4.78 is 24.2. The molecule has 1 aromatic heterocycles. The van der Waals surface area contributed by atoms with Crippen LogP contribution < -0.4 is 10.1 Å². The molecule has 0 bridgehead atoms. The number of aromatic nitrogens is 1. The van der Waals surface area contributed by atoms with Crippen molar-refractivity contribution >= 4 is 5.69 Å². The number of rotatable bonds is 5. The maximum absolute atomic E-state index is 13.4. The standard InChI is InChI=1S/C18H17FN2O2/c1-12-3-5-13(6-4-12)17-10-21-18(23-17)11-20-15-7-14(19)8-16(9-15)22-2/h3-10,20H,11H2,1-2H3. The summed E-state index contributed by atoms with van der Waals surface area (Å²) in [5.74, 6) is 1.34. The van der Waals surface area contributed by atoms with Gasteiger partial charge in [0.05, 0.1) is 19.9 Å². The molecule has 118 valence electrons. The molecule has 0 radical (unpaired) electrons. The van der Waals surface area contributed by atoms with Crippen LogP contribution >= 0.6 is 0 Å². The van der Waals surface area contributed by atoms with Gasteiger partial charge in [-0.05, 0) is 13.0 Å². The third-order valence-corrected chi connectivity index (χ3v) is 3.44. The van der Waals surface area contributed by atoms with Gasteiger partial charge in [0.15, 0.2) is 5.76 Å². The van der Waals surface area contributed by atoms with Crippen molar-refractivity contribution < 1.29 is 13.5 Å². The van der Waals surface area contributed by atoms with E-state index in [2.05, 4.69) is 10.3 Å². The molecule has 4 nitrogen and oxygen atoms in total. The van der Waals surface area contributed by atoms with E-state index in [0.717, 1.165) is 5.56 Å². The van der Waals surface area contributed by atoms with E-state index in [9.17, 15) is 4.39 Å². The largest absolute Gasteiger partial charge is 0.497 e. The Kier molecular flexibility index (Phi) is 4.28. The van der Waals surface area contributed by atoms with Gasteiger partial charge < -0.3 is 14.5 Å². The molecule has 2 aromatic carbocycles. The minimum absolute atomic E-state index is 0.360. The SMILES string of the molecule is COc1cc(F)cc(NCc2ncc(-c3ccc(C)cc3)o2)c1. The lowest BCUT2D eigenvalue weighted by Crippen LogP contribution is -2.00. The molecule has 0 atom stereocenters. The number of anilines is 1. The number of methoxy groups -OCH3 is 1. The third kappa shape index (κ3) is 3.69. The van der Waals surface area contributed by atoms with Gasteiger partial charge in [0.1, 0.15) is 11.6 Å². The number of benzene rings is 2. The molecule has 3 aromatic rings. The van der Waals surface area contributed by atoms with Gasteiger partial charge in [-0.2, -0.15) is 0 Å². The van der Waals surface area contributed by atoms with Crippen LogP contribution in [0.2, 0.25) is 0 Å². The lowest BCUT2D eigenvalue weighted by molar-refractivity contribution is 0.411. The Morgan fingerprint density at radius 1 is 1.17 bits per heavy atom. The minimum Gasteiger partial charge on any atom is -0.497 e. The van der Waals surface area contributed by atoms with E-state index < -0.39 is 0 Å². The Labute approximate surface area is 133 Å². The zero-order valence-electron chi connectivity index (χ0n) is 13.0. The molecular weight excluding hydrogens is 295 g/mol. The number of hydrogen-bond acceptors (Lipinski definition) is 4. The van der Waals surface area contributed by atoms with E-state index in [1.54, 1.807) is 12.3 Å². The first-order valence-electron chi connectivity index (χ1n) is 7.24. The van der Waals surface area contributed by atoms with Crippen molar-refractivity contribution in [2.75, 3.05) is 12.4 Å². The Bertz CT molecular complexity index is 797. The highest BCUT2D eigenvalue weighted by atomic mass is 19.1. The molecule has 0 fully saturated rings. The number of hydrogen-bond donors (Lipinski definition) is 1. The third-order valence-electron chi connectivity index (χ3n) is 3.44. The second-order valence-electron chi connectivity index (χ2n) is 5.22. The highest BCUT2D eigenvalue weighted by Crippen LogP contribution is 2.23. The van der Waals surface area contributed by atoms with Gasteiger partial charge >= 0.3 is 0 Å². The summed E-state index contributed by atoms with van der Waals surface area (Å²) in [6.45, 7) is 2.39. The number of aryl methyl sites for hydroxylation is 1. The number of halogens is 1. The fourth-order valence-corrected chi connectivity index (χ4v) is 2.20. The number of oxazole rings is 1. The second kappa shape index (κ2) is 6.52. The van der Waals surface area contributed by atoms with Crippen molar-refractivity contribution in [1.29, 1.82) is 0 Å². The van der Waals surface area contributed by atoms with Crippen LogP contribution in [0, 0.1) is 12.7 Å². The van der Waals surface area contributed by atoms with Crippen LogP contribution in [0.5, 0.6) is 5.75 Å². The average Bonchev–Trinajstić information content (AvgIpc) is 3.02. The molecule has 3 rings (SSSR count). The van der Waals surface area contributed by atoms with E-state index >= 15 is 0 Å². The number of nitrogens with zero attached hydrogens (tertiary/aromatic N) is 1. The molecule has 0 amide bonds. The summed E-state index contributed by atoms with van der Waals surface area (Å²) in [6.07, 6.45) is 1.69. The summed E-state index contributed by atoms with van der Waals surface area (Å²) in [4.78, 5) is 4.24. The lowest BCUT2D eigenvalue weighted by atomic mass is 10.1. The summed E-state index contributed by atoms with van der Waals surface area (Å²) in [7, 11) is 1.50. The van der Waals surface area contributed by atoms with Gasteiger partial charge in [-0.1, -0.05) is 29.8 Å². The first-order chi connectivity index (χ1) is 11.1. The normalized spacial score (nSPS) is 10.6. The van der Waals surface area contributed by atoms with Crippen molar-refractivity contribution in [1.82, 2.24) is 4.98 Å². The number of ether oxygens (including phenoxy) is 1. The molecule has 0 aliphatic heterocycles. The fraction of sp³-hybridized carbons (Fsp3) is 0.167. The van der Waals surface area contributed by atoms with Gasteiger partial charge in [-0.3, -0.25) is 0 Å². The van der Waals surface area contributed by atoms with E-state index in [1.165, 1.54) is 24.8 Å². The molecule has 5 heteroatoms. The van der Waals surface area contributed by atoms with Crippen LogP contribution in [0.3, 0.4) is 0 Å². The molecule has 0 unspecified atom stereocenters. The summed E-state index contributed by atoms with van der Waals surface area (Å²) in [5.41, 5.74) is 2.77. The zero-order chi connectivity index (χ0) is 16.2. The van der Waals surface area contributed by atoms with E-state index in [0.29, 0.717) is 29.6 Å². The topological polar surface area (TPSA) is 47.3 Å². The van der Waals surface area contributed by atoms with Crippen molar-refractivity contribution in [2.24, 2.45) is 0 Å². The van der Waals surface area contributed by atoms with Crippen molar-refractivity contribution in [3.63, 3.8) is 0 Å². The number of nitrogens with one attached hydrogen (secondary N) is 1. The summed E-state index contributed by atoms with van der Waals surface area (Å²) in [6, 6.07) is 12.5. The van der Waals surface area contributed by atoms with E-state index in [1.807, 2.05) is 31.2 Å². The summed E-state index contributed by atoms with van der Waals surface area (Å²) in [5, 5.41) is 3.07. The van der Waals surface area contributed by atoms with Gasteiger partial charge in [0.25, 0.3) is 0 Å². The van der Waals surface area contributed by atoms with E-state index in [4.69, 9.17) is 9.15 Å². The van der Waals surface area contributed by atoms with Gasteiger partial charge in [0.2, 0.25) is 5.89 Å². The highest BCUT2D eigenvalue weighted by molar-refractivity contribution is 5.56. The molecule has 0 saturated heterocycles. The van der Waals surface area contributed by atoms with Crippen molar-refractivity contribution in [3.05, 3.63) is 65.9 Å². The van der Waals surface area contributed by atoms with Gasteiger partial charge in [-0.15, -0.1) is 0 Å². The summed E-state index contributed by atoms with van der Waals surface area (Å²) >= 11 is 0. The molecular formula is C18H17FN2O2. The molecule has 1 N–H and O–H groups in total. The van der Waals surface area contributed by atoms with Crippen LogP contribution in [-0.4, -0.2) is 12.1 Å². The van der Waals surface area contributed by atoms with Crippen LogP contribution in [0.4, 0.5) is 10.1 Å². The van der Waals surface area contributed by atoms with Crippen LogP contribution in [-0.2, 0) is 6.54 Å². The Morgan fingerprint density at radius 2 is 1.96 bits per heavy atom. The second-order valence-corrected chi connectivity index (χ2v) is 5.22. The maximum atomic E-state index is 13.4. The monoisotopic (exact) mass is 312 g/mol. The van der Waals surface area contributed by atoms with Crippen LogP contribution in [0.1, 0.15) is 11.5 Å². The molecule has 0 spiro atoms.